The van der Waals surface area contributed by atoms with E-state index >= 15 is 0 Å². The number of allylic oxidation sites excluding steroid dienone is 4. The van der Waals surface area contributed by atoms with Crippen molar-refractivity contribution in [3.05, 3.63) is 58.0 Å². The second kappa shape index (κ2) is 2.71. The van der Waals surface area contributed by atoms with Crippen LogP contribution in [0.2, 0.25) is 0 Å². The van der Waals surface area contributed by atoms with E-state index in [1.807, 2.05) is 0 Å². The number of hydrogen-bond acceptors (Lipinski definition) is 0. The van der Waals surface area contributed by atoms with Crippen LogP contribution >= 0.6 is 0 Å². The Bertz CT molecular complexity index is 568. The van der Waals surface area contributed by atoms with E-state index in [2.05, 4.69) is 49.4 Å². The van der Waals surface area contributed by atoms with Crippen molar-refractivity contribution >= 4 is 11.6 Å². The van der Waals surface area contributed by atoms with E-state index < -0.39 is 0 Å². The summed E-state index contributed by atoms with van der Waals surface area (Å²) in [6, 6.07) is 8.61. The first-order valence-corrected chi connectivity index (χ1v) is 5.04. The molecule has 0 aliphatic heterocycles. The maximum Gasteiger partial charge on any atom is -0.0105 e. The van der Waals surface area contributed by atoms with Gasteiger partial charge in [-0.3, -0.25) is 0 Å². The molecule has 0 N–H and O–H groups in total. The molecule has 1 aromatic carbocycles. The molecule has 14 heavy (non-hydrogen) atoms. The SMILES string of the molecule is CC1=C2C=c3ccccc3=C2C=CC1. The van der Waals surface area contributed by atoms with Crippen molar-refractivity contribution in [3.8, 4) is 0 Å². The fourth-order valence-corrected chi connectivity index (χ4v) is 2.24. The van der Waals surface area contributed by atoms with Crippen molar-refractivity contribution in [3.63, 3.8) is 0 Å². The van der Waals surface area contributed by atoms with E-state index in [4.69, 9.17) is 0 Å². The van der Waals surface area contributed by atoms with Crippen LogP contribution in [0.1, 0.15) is 13.3 Å². The zero-order valence-corrected chi connectivity index (χ0v) is 8.25. The molecule has 0 saturated carbocycles. The summed E-state index contributed by atoms with van der Waals surface area (Å²) in [6.07, 6.45) is 7.92. The summed E-state index contributed by atoms with van der Waals surface area (Å²) >= 11 is 0. The van der Waals surface area contributed by atoms with Crippen LogP contribution in [0.3, 0.4) is 0 Å². The highest BCUT2D eigenvalue weighted by molar-refractivity contribution is 5.89. The van der Waals surface area contributed by atoms with Crippen molar-refractivity contribution < 1.29 is 0 Å². The monoisotopic (exact) mass is 180 g/mol. The third-order valence-corrected chi connectivity index (χ3v) is 3.01. The third-order valence-electron chi connectivity index (χ3n) is 3.01. The van der Waals surface area contributed by atoms with Crippen molar-refractivity contribution in [1.29, 1.82) is 0 Å². The minimum absolute atomic E-state index is 1.10. The first kappa shape index (κ1) is 7.81. The topological polar surface area (TPSA) is 0 Å². The van der Waals surface area contributed by atoms with Crippen LogP contribution < -0.4 is 10.4 Å². The molecule has 1 aromatic rings. The second-order valence-electron chi connectivity index (χ2n) is 3.95. The van der Waals surface area contributed by atoms with Crippen molar-refractivity contribution in [1.82, 2.24) is 0 Å². The lowest BCUT2D eigenvalue weighted by atomic mass is 9.95. The van der Waals surface area contributed by atoms with Crippen LogP contribution in [0.5, 0.6) is 0 Å². The quantitative estimate of drug-likeness (QED) is 0.572. The molecule has 3 rings (SSSR count). The Morgan fingerprint density at radius 2 is 1.93 bits per heavy atom. The second-order valence-corrected chi connectivity index (χ2v) is 3.95. The normalized spacial score (nSPS) is 17.9. The summed E-state index contributed by atoms with van der Waals surface area (Å²) in [5, 5.41) is 2.75. The van der Waals surface area contributed by atoms with Gasteiger partial charge in [0.05, 0.1) is 0 Å². The van der Waals surface area contributed by atoms with Gasteiger partial charge in [-0.1, -0.05) is 42.0 Å². The minimum atomic E-state index is 1.10. The zero-order chi connectivity index (χ0) is 9.54. The summed E-state index contributed by atoms with van der Waals surface area (Å²) in [6.45, 7) is 2.22. The van der Waals surface area contributed by atoms with Crippen molar-refractivity contribution in [2.24, 2.45) is 0 Å². The molecular formula is C14H12. The predicted octanol–water partition coefficient (Wildman–Crippen LogP) is 1.91. The van der Waals surface area contributed by atoms with E-state index in [9.17, 15) is 0 Å². The average molecular weight is 180 g/mol. The Balaban J connectivity index is 2.49. The largest absolute Gasteiger partial charge is 0.0798 e. The fourth-order valence-electron chi connectivity index (χ4n) is 2.24. The number of rotatable bonds is 0. The van der Waals surface area contributed by atoms with Crippen LogP contribution in [-0.2, 0) is 0 Å². The molecule has 0 atom stereocenters. The maximum absolute atomic E-state index is 2.31. The molecule has 68 valence electrons. The number of hydrogen-bond donors (Lipinski definition) is 0. The van der Waals surface area contributed by atoms with Crippen molar-refractivity contribution in [2.75, 3.05) is 0 Å². The Morgan fingerprint density at radius 1 is 1.07 bits per heavy atom. The molecule has 0 heterocycles. The molecule has 0 heteroatoms. The van der Waals surface area contributed by atoms with Crippen LogP contribution in [-0.4, -0.2) is 0 Å². The average Bonchev–Trinajstić information content (AvgIpc) is 2.59. The van der Waals surface area contributed by atoms with E-state index in [0.29, 0.717) is 0 Å². The van der Waals surface area contributed by atoms with Gasteiger partial charge in [0.15, 0.2) is 0 Å². The van der Waals surface area contributed by atoms with Gasteiger partial charge >= 0.3 is 0 Å². The van der Waals surface area contributed by atoms with E-state index in [1.165, 1.54) is 27.2 Å². The first-order chi connectivity index (χ1) is 6.86. The van der Waals surface area contributed by atoms with E-state index in [0.717, 1.165) is 6.42 Å². The summed E-state index contributed by atoms with van der Waals surface area (Å²) < 4.78 is 0. The lowest BCUT2D eigenvalue weighted by molar-refractivity contribution is 1.18. The van der Waals surface area contributed by atoms with Gasteiger partial charge in [-0.25, -0.2) is 0 Å². The summed E-state index contributed by atoms with van der Waals surface area (Å²) in [4.78, 5) is 0. The highest BCUT2D eigenvalue weighted by Gasteiger charge is 2.13. The van der Waals surface area contributed by atoms with Gasteiger partial charge in [-0.15, -0.1) is 0 Å². The molecule has 0 fully saturated rings. The molecule has 0 aromatic heterocycles. The molecule has 0 amide bonds. The maximum atomic E-state index is 2.31. The Kier molecular flexibility index (Phi) is 1.51. The summed E-state index contributed by atoms with van der Waals surface area (Å²) in [5.74, 6) is 0. The first-order valence-electron chi connectivity index (χ1n) is 5.04. The highest BCUT2D eigenvalue weighted by Crippen LogP contribution is 2.26. The molecule has 0 bridgehead atoms. The zero-order valence-electron chi connectivity index (χ0n) is 8.25. The van der Waals surface area contributed by atoms with Gasteiger partial charge in [-0.2, -0.15) is 0 Å². The summed E-state index contributed by atoms with van der Waals surface area (Å²) in [5.41, 5.74) is 4.33. The molecule has 0 spiro atoms. The fraction of sp³-hybridized carbons (Fsp3) is 0.143. The van der Waals surface area contributed by atoms with Crippen LogP contribution in [0.15, 0.2) is 47.6 Å². The van der Waals surface area contributed by atoms with Crippen LogP contribution in [0.25, 0.3) is 11.6 Å². The lowest BCUT2D eigenvalue weighted by Crippen LogP contribution is -2.21. The molecule has 0 saturated heterocycles. The Morgan fingerprint density at radius 3 is 2.86 bits per heavy atom. The smallest absolute Gasteiger partial charge is 0.0105 e. The van der Waals surface area contributed by atoms with Crippen LogP contribution in [0, 0.1) is 0 Å². The molecule has 2 aliphatic carbocycles. The molecule has 0 nitrogen and oxygen atoms in total. The molecule has 0 unspecified atom stereocenters. The number of benzene rings is 1. The summed E-state index contributed by atoms with van der Waals surface area (Å²) in [7, 11) is 0. The van der Waals surface area contributed by atoms with Crippen molar-refractivity contribution in [2.45, 2.75) is 13.3 Å². The third kappa shape index (κ3) is 0.941. The van der Waals surface area contributed by atoms with E-state index in [1.54, 1.807) is 0 Å². The molecule has 0 radical (unpaired) electrons. The van der Waals surface area contributed by atoms with Gasteiger partial charge in [-0.05, 0) is 41.0 Å². The van der Waals surface area contributed by atoms with Gasteiger partial charge in [0.1, 0.15) is 0 Å². The lowest BCUT2D eigenvalue weighted by Gasteiger charge is -2.09. The highest BCUT2D eigenvalue weighted by atomic mass is 14.2. The van der Waals surface area contributed by atoms with Gasteiger partial charge in [0.25, 0.3) is 0 Å². The van der Waals surface area contributed by atoms with Gasteiger partial charge in [0.2, 0.25) is 0 Å². The predicted molar refractivity (Wildman–Crippen MR) is 60.0 cm³/mol. The molecule has 2 aliphatic rings. The standard InChI is InChI=1S/C14H12/c1-10-5-4-8-13-12-7-3-2-6-11(12)9-14(10)13/h2-4,6-9H,5H2,1H3. The van der Waals surface area contributed by atoms with Gasteiger partial charge in [0, 0.05) is 0 Å². The molecular weight excluding hydrogens is 168 g/mol. The van der Waals surface area contributed by atoms with Gasteiger partial charge < -0.3 is 0 Å². The Hall–Kier alpha value is -1.56. The Labute approximate surface area is 83.6 Å². The minimum Gasteiger partial charge on any atom is -0.0798 e. The van der Waals surface area contributed by atoms with E-state index in [-0.39, 0.29) is 0 Å². The van der Waals surface area contributed by atoms with Crippen LogP contribution in [0.4, 0.5) is 0 Å². The number of fused-ring (bicyclic) bond motifs is 2.